The Kier molecular flexibility index (Phi) is 2.34. The molecule has 2 heterocycles. The minimum absolute atomic E-state index is 0.445. The van der Waals surface area contributed by atoms with Crippen LogP contribution in [0.3, 0.4) is 0 Å². The van der Waals surface area contributed by atoms with E-state index in [1.165, 1.54) is 0 Å². The molecular formula is C11H16N4. The number of nitrogens with zero attached hydrogens (tertiary/aromatic N) is 3. The van der Waals surface area contributed by atoms with Crippen molar-refractivity contribution in [2.24, 2.45) is 7.05 Å². The highest BCUT2D eigenvalue weighted by Crippen LogP contribution is 2.20. The van der Waals surface area contributed by atoms with Crippen LogP contribution < -0.4 is 0 Å². The summed E-state index contributed by atoms with van der Waals surface area (Å²) >= 11 is 0. The lowest BCUT2D eigenvalue weighted by Gasteiger charge is -1.96. The number of aromatic amines is 1. The standard InChI is InChI=1S/C11H16N4/c1-7(2)9-5-10(15(4)14-9)11-12-6-8(3)13-11/h5-7H,1-4H3,(H,12,13). The van der Waals surface area contributed by atoms with E-state index in [9.17, 15) is 0 Å². The van der Waals surface area contributed by atoms with Crippen molar-refractivity contribution >= 4 is 0 Å². The summed E-state index contributed by atoms with van der Waals surface area (Å²) in [5, 5.41) is 4.45. The molecule has 15 heavy (non-hydrogen) atoms. The first-order valence-electron chi connectivity index (χ1n) is 5.14. The van der Waals surface area contributed by atoms with Crippen molar-refractivity contribution in [3.63, 3.8) is 0 Å². The van der Waals surface area contributed by atoms with Gasteiger partial charge in [-0.2, -0.15) is 5.10 Å². The summed E-state index contributed by atoms with van der Waals surface area (Å²) in [5.41, 5.74) is 3.20. The van der Waals surface area contributed by atoms with Crippen molar-refractivity contribution in [1.82, 2.24) is 19.7 Å². The Balaban J connectivity index is 2.44. The molecule has 0 aromatic carbocycles. The molecular weight excluding hydrogens is 188 g/mol. The van der Waals surface area contributed by atoms with Gasteiger partial charge in [0.1, 0.15) is 5.69 Å². The molecule has 80 valence electrons. The molecule has 4 heteroatoms. The fourth-order valence-corrected chi connectivity index (χ4v) is 1.54. The molecule has 0 saturated carbocycles. The highest BCUT2D eigenvalue weighted by Gasteiger charge is 2.11. The molecule has 0 fully saturated rings. The van der Waals surface area contributed by atoms with E-state index < -0.39 is 0 Å². The zero-order chi connectivity index (χ0) is 11.0. The summed E-state index contributed by atoms with van der Waals surface area (Å²) < 4.78 is 1.87. The van der Waals surface area contributed by atoms with Crippen molar-refractivity contribution in [2.45, 2.75) is 26.7 Å². The van der Waals surface area contributed by atoms with Crippen molar-refractivity contribution in [1.29, 1.82) is 0 Å². The van der Waals surface area contributed by atoms with Gasteiger partial charge in [0.25, 0.3) is 0 Å². The van der Waals surface area contributed by atoms with Gasteiger partial charge in [0.05, 0.1) is 5.69 Å². The maximum Gasteiger partial charge on any atom is 0.155 e. The molecule has 0 aliphatic carbocycles. The lowest BCUT2D eigenvalue weighted by atomic mass is 10.1. The quantitative estimate of drug-likeness (QED) is 0.815. The molecule has 0 amide bonds. The van der Waals surface area contributed by atoms with E-state index >= 15 is 0 Å². The predicted octanol–water partition coefficient (Wildman–Crippen LogP) is 2.24. The first kappa shape index (κ1) is 9.96. The van der Waals surface area contributed by atoms with Crippen LogP contribution in [0.15, 0.2) is 12.3 Å². The fraction of sp³-hybridized carbons (Fsp3) is 0.455. The highest BCUT2D eigenvalue weighted by atomic mass is 15.3. The number of aryl methyl sites for hydroxylation is 2. The molecule has 0 radical (unpaired) electrons. The van der Waals surface area contributed by atoms with E-state index in [4.69, 9.17) is 0 Å². The van der Waals surface area contributed by atoms with Crippen LogP contribution in [0.4, 0.5) is 0 Å². The Bertz CT molecular complexity index is 465. The van der Waals surface area contributed by atoms with E-state index in [1.807, 2.05) is 24.9 Å². The topological polar surface area (TPSA) is 46.5 Å². The Morgan fingerprint density at radius 3 is 2.60 bits per heavy atom. The predicted molar refractivity (Wildman–Crippen MR) is 59.6 cm³/mol. The maximum absolute atomic E-state index is 4.45. The van der Waals surface area contributed by atoms with Crippen molar-refractivity contribution in [2.75, 3.05) is 0 Å². The first-order valence-corrected chi connectivity index (χ1v) is 5.14. The van der Waals surface area contributed by atoms with Crippen LogP contribution in [0.5, 0.6) is 0 Å². The maximum atomic E-state index is 4.45. The number of hydrogen-bond donors (Lipinski definition) is 1. The van der Waals surface area contributed by atoms with Crippen LogP contribution in [0.25, 0.3) is 11.5 Å². The van der Waals surface area contributed by atoms with Crippen molar-refractivity contribution < 1.29 is 0 Å². The van der Waals surface area contributed by atoms with Crippen LogP contribution in [0.1, 0.15) is 31.2 Å². The molecule has 0 atom stereocenters. The molecule has 1 N–H and O–H groups in total. The van der Waals surface area contributed by atoms with E-state index in [0.29, 0.717) is 5.92 Å². The van der Waals surface area contributed by atoms with Crippen molar-refractivity contribution in [3.8, 4) is 11.5 Å². The first-order chi connectivity index (χ1) is 7.08. The molecule has 2 aromatic heterocycles. The van der Waals surface area contributed by atoms with Crippen molar-refractivity contribution in [3.05, 3.63) is 23.7 Å². The Hall–Kier alpha value is -1.58. The van der Waals surface area contributed by atoms with E-state index in [0.717, 1.165) is 22.9 Å². The SMILES string of the molecule is Cc1cnc(-c2cc(C(C)C)nn2C)[nH]1. The second-order valence-corrected chi connectivity index (χ2v) is 4.15. The normalized spacial score (nSPS) is 11.3. The summed E-state index contributed by atoms with van der Waals surface area (Å²) in [4.78, 5) is 7.52. The van der Waals surface area contributed by atoms with Gasteiger partial charge in [-0.1, -0.05) is 13.8 Å². The number of hydrogen-bond acceptors (Lipinski definition) is 2. The van der Waals surface area contributed by atoms with Crippen LogP contribution >= 0.6 is 0 Å². The number of H-pyrrole nitrogens is 1. The molecule has 0 spiro atoms. The third-order valence-corrected chi connectivity index (χ3v) is 2.44. The third-order valence-electron chi connectivity index (χ3n) is 2.44. The molecule has 0 aliphatic heterocycles. The second kappa shape index (κ2) is 3.53. The van der Waals surface area contributed by atoms with Gasteiger partial charge in [-0.05, 0) is 18.9 Å². The lowest BCUT2D eigenvalue weighted by Crippen LogP contribution is -1.96. The molecule has 0 bridgehead atoms. The summed E-state index contributed by atoms with van der Waals surface area (Å²) in [6.45, 7) is 6.27. The Morgan fingerprint density at radius 2 is 2.13 bits per heavy atom. The Morgan fingerprint density at radius 1 is 1.40 bits per heavy atom. The third kappa shape index (κ3) is 1.79. The molecule has 0 saturated heterocycles. The summed E-state index contributed by atoms with van der Waals surface area (Å²) in [7, 11) is 1.94. The monoisotopic (exact) mass is 204 g/mol. The summed E-state index contributed by atoms with van der Waals surface area (Å²) in [6.07, 6.45) is 1.83. The summed E-state index contributed by atoms with van der Waals surface area (Å²) in [6, 6.07) is 2.09. The largest absolute Gasteiger partial charge is 0.341 e. The summed E-state index contributed by atoms with van der Waals surface area (Å²) in [5.74, 6) is 1.33. The lowest BCUT2D eigenvalue weighted by molar-refractivity contribution is 0.715. The average molecular weight is 204 g/mol. The zero-order valence-electron chi connectivity index (χ0n) is 9.57. The second-order valence-electron chi connectivity index (χ2n) is 4.15. The van der Waals surface area contributed by atoms with Crippen LogP contribution in [-0.2, 0) is 7.05 Å². The van der Waals surface area contributed by atoms with Gasteiger partial charge in [-0.25, -0.2) is 4.98 Å². The van der Waals surface area contributed by atoms with Gasteiger partial charge in [0.2, 0.25) is 0 Å². The van der Waals surface area contributed by atoms with Crippen LogP contribution in [0, 0.1) is 6.92 Å². The number of nitrogens with one attached hydrogen (secondary N) is 1. The van der Waals surface area contributed by atoms with Crippen LogP contribution in [-0.4, -0.2) is 19.7 Å². The van der Waals surface area contributed by atoms with Gasteiger partial charge >= 0.3 is 0 Å². The van der Waals surface area contributed by atoms with Crippen LogP contribution in [0.2, 0.25) is 0 Å². The number of imidazole rings is 1. The number of aromatic nitrogens is 4. The average Bonchev–Trinajstić information content (AvgIpc) is 2.71. The van der Waals surface area contributed by atoms with Gasteiger partial charge in [-0.15, -0.1) is 0 Å². The molecule has 2 rings (SSSR count). The zero-order valence-corrected chi connectivity index (χ0v) is 9.57. The molecule has 0 unspecified atom stereocenters. The van der Waals surface area contributed by atoms with E-state index in [2.05, 4.69) is 35.0 Å². The molecule has 0 aliphatic rings. The highest BCUT2D eigenvalue weighted by molar-refractivity contribution is 5.51. The van der Waals surface area contributed by atoms with Gasteiger partial charge in [0.15, 0.2) is 5.82 Å². The molecule has 2 aromatic rings. The molecule has 4 nitrogen and oxygen atoms in total. The van der Waals surface area contributed by atoms with E-state index in [-0.39, 0.29) is 0 Å². The van der Waals surface area contributed by atoms with Gasteiger partial charge in [-0.3, -0.25) is 4.68 Å². The smallest absolute Gasteiger partial charge is 0.155 e. The van der Waals surface area contributed by atoms with Gasteiger partial charge in [0, 0.05) is 18.9 Å². The minimum Gasteiger partial charge on any atom is -0.341 e. The number of rotatable bonds is 2. The minimum atomic E-state index is 0.445. The fourth-order valence-electron chi connectivity index (χ4n) is 1.54. The van der Waals surface area contributed by atoms with E-state index in [1.54, 1.807) is 0 Å². The Labute approximate surface area is 89.3 Å². The van der Waals surface area contributed by atoms with Gasteiger partial charge < -0.3 is 4.98 Å².